The standard InChI is InChI=1S/C19H11F2NO/c20-15-5-3-4-13(10-15)19-9-8-16(23-19)11-14(12-22)17-6-1-2-7-18(17)21/h1-11H/b14-11-. The molecule has 0 fully saturated rings. The van der Waals surface area contributed by atoms with E-state index in [1.165, 1.54) is 30.3 Å². The molecule has 3 aromatic rings. The van der Waals surface area contributed by atoms with E-state index in [-0.39, 0.29) is 17.0 Å². The molecule has 2 aromatic carbocycles. The van der Waals surface area contributed by atoms with Crippen molar-refractivity contribution in [1.82, 2.24) is 0 Å². The Kier molecular flexibility index (Phi) is 4.03. The Bertz CT molecular complexity index is 919. The lowest BCUT2D eigenvalue weighted by atomic mass is 10.1. The zero-order chi connectivity index (χ0) is 16.2. The Balaban J connectivity index is 1.97. The van der Waals surface area contributed by atoms with Gasteiger partial charge in [-0.15, -0.1) is 0 Å². The van der Waals surface area contributed by atoms with Gasteiger partial charge in [0.15, 0.2) is 0 Å². The highest BCUT2D eigenvalue weighted by atomic mass is 19.1. The molecular weight excluding hydrogens is 296 g/mol. The summed E-state index contributed by atoms with van der Waals surface area (Å²) in [7, 11) is 0. The molecule has 0 saturated carbocycles. The first-order valence-corrected chi connectivity index (χ1v) is 6.90. The van der Waals surface area contributed by atoms with Crippen LogP contribution in [0, 0.1) is 23.0 Å². The summed E-state index contributed by atoms with van der Waals surface area (Å²) in [5.41, 5.74) is 0.955. The molecule has 0 saturated heterocycles. The van der Waals surface area contributed by atoms with Crippen molar-refractivity contribution < 1.29 is 13.2 Å². The zero-order valence-corrected chi connectivity index (χ0v) is 12.0. The van der Waals surface area contributed by atoms with Crippen LogP contribution in [0.2, 0.25) is 0 Å². The van der Waals surface area contributed by atoms with Gasteiger partial charge in [-0.1, -0.05) is 30.3 Å². The number of hydrogen-bond acceptors (Lipinski definition) is 2. The first kappa shape index (κ1) is 14.7. The minimum absolute atomic E-state index is 0.156. The van der Waals surface area contributed by atoms with Gasteiger partial charge in [0.05, 0.1) is 11.6 Å². The Labute approximate surface area is 131 Å². The maximum atomic E-state index is 13.8. The van der Waals surface area contributed by atoms with Crippen molar-refractivity contribution in [2.45, 2.75) is 0 Å². The lowest BCUT2D eigenvalue weighted by Gasteiger charge is -2.00. The lowest BCUT2D eigenvalue weighted by Crippen LogP contribution is -1.86. The van der Waals surface area contributed by atoms with E-state index in [1.54, 1.807) is 36.4 Å². The van der Waals surface area contributed by atoms with Crippen LogP contribution in [0.5, 0.6) is 0 Å². The van der Waals surface area contributed by atoms with E-state index >= 15 is 0 Å². The summed E-state index contributed by atoms with van der Waals surface area (Å²) in [6, 6.07) is 17.3. The average Bonchev–Trinajstić information content (AvgIpc) is 3.02. The molecule has 0 atom stereocenters. The molecule has 0 N–H and O–H groups in total. The van der Waals surface area contributed by atoms with E-state index < -0.39 is 5.82 Å². The quantitative estimate of drug-likeness (QED) is 0.616. The minimum atomic E-state index is -0.475. The van der Waals surface area contributed by atoms with E-state index in [9.17, 15) is 14.0 Å². The van der Waals surface area contributed by atoms with Crippen molar-refractivity contribution >= 4 is 11.6 Å². The number of halogens is 2. The number of nitriles is 1. The van der Waals surface area contributed by atoms with Gasteiger partial charge < -0.3 is 4.42 Å². The largest absolute Gasteiger partial charge is 0.457 e. The number of nitrogens with zero attached hydrogens (tertiary/aromatic N) is 1. The third-order valence-corrected chi connectivity index (χ3v) is 3.31. The Morgan fingerprint density at radius 2 is 1.83 bits per heavy atom. The fraction of sp³-hybridized carbons (Fsp3) is 0. The molecule has 112 valence electrons. The minimum Gasteiger partial charge on any atom is -0.457 e. The monoisotopic (exact) mass is 307 g/mol. The van der Waals surface area contributed by atoms with Gasteiger partial charge in [-0.2, -0.15) is 5.26 Å². The van der Waals surface area contributed by atoms with E-state index in [1.807, 2.05) is 6.07 Å². The first-order valence-electron chi connectivity index (χ1n) is 6.90. The maximum absolute atomic E-state index is 13.8. The first-order chi connectivity index (χ1) is 11.2. The van der Waals surface area contributed by atoms with Crippen molar-refractivity contribution in [3.05, 3.63) is 83.6 Å². The molecule has 0 aliphatic rings. The SMILES string of the molecule is N#C/C(=C/c1ccc(-c2cccc(F)c2)o1)c1ccccc1F. The van der Waals surface area contributed by atoms with Crippen LogP contribution < -0.4 is 0 Å². The number of furan rings is 1. The second-order valence-corrected chi connectivity index (χ2v) is 4.86. The van der Waals surface area contributed by atoms with Crippen LogP contribution >= 0.6 is 0 Å². The molecule has 0 radical (unpaired) electrons. The van der Waals surface area contributed by atoms with E-state index in [4.69, 9.17) is 4.42 Å². The molecule has 2 nitrogen and oxygen atoms in total. The molecule has 1 aromatic heterocycles. The van der Waals surface area contributed by atoms with E-state index in [2.05, 4.69) is 0 Å². The van der Waals surface area contributed by atoms with Gasteiger partial charge in [-0.25, -0.2) is 8.78 Å². The molecule has 3 rings (SSSR count). The molecule has 0 aliphatic heterocycles. The topological polar surface area (TPSA) is 36.9 Å². The third kappa shape index (κ3) is 3.19. The molecule has 0 amide bonds. The highest BCUT2D eigenvalue weighted by Gasteiger charge is 2.09. The van der Waals surface area contributed by atoms with Crippen LogP contribution in [0.15, 0.2) is 65.1 Å². The molecule has 4 heteroatoms. The van der Waals surface area contributed by atoms with E-state index in [0.29, 0.717) is 17.1 Å². The van der Waals surface area contributed by atoms with Crippen molar-refractivity contribution in [1.29, 1.82) is 5.26 Å². The fourth-order valence-corrected chi connectivity index (χ4v) is 2.22. The summed E-state index contributed by atoms with van der Waals surface area (Å²) in [5, 5.41) is 9.25. The van der Waals surface area contributed by atoms with Crippen molar-refractivity contribution in [3.8, 4) is 17.4 Å². The number of allylic oxidation sites excluding steroid dienone is 1. The van der Waals surface area contributed by atoms with Gasteiger partial charge in [-0.3, -0.25) is 0 Å². The van der Waals surface area contributed by atoms with Gasteiger partial charge in [0, 0.05) is 11.1 Å². The van der Waals surface area contributed by atoms with Crippen LogP contribution in [-0.2, 0) is 0 Å². The molecule has 0 bridgehead atoms. The number of rotatable bonds is 3. The number of hydrogen-bond donors (Lipinski definition) is 0. The van der Waals surface area contributed by atoms with Crippen LogP contribution in [0.3, 0.4) is 0 Å². The Morgan fingerprint density at radius 3 is 2.57 bits per heavy atom. The fourth-order valence-electron chi connectivity index (χ4n) is 2.22. The predicted molar refractivity (Wildman–Crippen MR) is 84.0 cm³/mol. The van der Waals surface area contributed by atoms with Gasteiger partial charge >= 0.3 is 0 Å². The summed E-state index contributed by atoms with van der Waals surface area (Å²) in [5.74, 6) is 0.0305. The molecule has 23 heavy (non-hydrogen) atoms. The lowest BCUT2D eigenvalue weighted by molar-refractivity contribution is 0.570. The maximum Gasteiger partial charge on any atom is 0.134 e. The summed E-state index contributed by atoms with van der Waals surface area (Å²) in [4.78, 5) is 0. The zero-order valence-electron chi connectivity index (χ0n) is 12.0. The van der Waals surface area contributed by atoms with Gasteiger partial charge in [0.25, 0.3) is 0 Å². The molecule has 0 spiro atoms. The second kappa shape index (κ2) is 6.29. The molecule has 0 aliphatic carbocycles. The van der Waals surface area contributed by atoms with Crippen LogP contribution in [0.25, 0.3) is 23.0 Å². The Morgan fingerprint density at radius 1 is 1.00 bits per heavy atom. The Hall–Kier alpha value is -3.19. The molecule has 0 unspecified atom stereocenters. The second-order valence-electron chi connectivity index (χ2n) is 4.86. The van der Waals surface area contributed by atoms with Crippen molar-refractivity contribution in [2.24, 2.45) is 0 Å². The van der Waals surface area contributed by atoms with Gasteiger partial charge in [-0.05, 0) is 36.4 Å². The highest BCUT2D eigenvalue weighted by Crippen LogP contribution is 2.26. The third-order valence-electron chi connectivity index (χ3n) is 3.31. The highest BCUT2D eigenvalue weighted by molar-refractivity contribution is 5.89. The smallest absolute Gasteiger partial charge is 0.134 e. The normalized spacial score (nSPS) is 11.3. The molecule has 1 heterocycles. The van der Waals surface area contributed by atoms with Crippen LogP contribution in [0.4, 0.5) is 8.78 Å². The van der Waals surface area contributed by atoms with Crippen LogP contribution in [0.1, 0.15) is 11.3 Å². The average molecular weight is 307 g/mol. The summed E-state index contributed by atoms with van der Waals surface area (Å²) in [6.45, 7) is 0. The van der Waals surface area contributed by atoms with Crippen molar-refractivity contribution in [3.63, 3.8) is 0 Å². The van der Waals surface area contributed by atoms with Gasteiger partial charge in [0.1, 0.15) is 23.2 Å². The number of benzene rings is 2. The predicted octanol–water partition coefficient (Wildman–Crippen LogP) is 5.29. The van der Waals surface area contributed by atoms with Crippen molar-refractivity contribution in [2.75, 3.05) is 0 Å². The molecular formula is C19H11F2NO. The summed E-state index contributed by atoms with van der Waals surface area (Å²) in [6.07, 6.45) is 1.46. The van der Waals surface area contributed by atoms with Gasteiger partial charge in [0.2, 0.25) is 0 Å². The van der Waals surface area contributed by atoms with E-state index in [0.717, 1.165) is 0 Å². The summed E-state index contributed by atoms with van der Waals surface area (Å²) >= 11 is 0. The van der Waals surface area contributed by atoms with Crippen LogP contribution in [-0.4, -0.2) is 0 Å². The summed E-state index contributed by atoms with van der Waals surface area (Å²) < 4.78 is 32.6.